The Labute approximate surface area is 195 Å². The molecule has 168 valence electrons. The van der Waals surface area contributed by atoms with Crippen molar-refractivity contribution in [3.63, 3.8) is 0 Å². The van der Waals surface area contributed by atoms with Crippen LogP contribution in [0, 0.1) is 20.8 Å². The second-order valence-electron chi connectivity index (χ2n) is 7.47. The van der Waals surface area contributed by atoms with Gasteiger partial charge in [0.1, 0.15) is 11.6 Å². The SMILES string of the molecule is Cc1cc(C=NNC(=O)COc2cccc(Cl)c2)c(C)n1-n1c(C)nc2ccccc2c1=O. The van der Waals surface area contributed by atoms with Crippen molar-refractivity contribution >= 4 is 34.6 Å². The molecule has 0 aliphatic heterocycles. The molecule has 2 aromatic carbocycles. The van der Waals surface area contributed by atoms with Crippen molar-refractivity contribution in [1.82, 2.24) is 19.8 Å². The molecular weight excluding hydrogens is 442 g/mol. The van der Waals surface area contributed by atoms with Crippen LogP contribution in [0.2, 0.25) is 5.02 Å². The number of benzene rings is 2. The summed E-state index contributed by atoms with van der Waals surface area (Å²) < 4.78 is 8.74. The number of hydrazone groups is 1. The Balaban J connectivity index is 1.52. The maximum Gasteiger partial charge on any atom is 0.280 e. The van der Waals surface area contributed by atoms with Gasteiger partial charge in [0.2, 0.25) is 0 Å². The average molecular weight is 464 g/mol. The Morgan fingerprint density at radius 3 is 2.70 bits per heavy atom. The molecule has 9 heteroatoms. The summed E-state index contributed by atoms with van der Waals surface area (Å²) >= 11 is 5.90. The minimum atomic E-state index is -0.411. The maximum absolute atomic E-state index is 13.2. The van der Waals surface area contributed by atoms with Gasteiger partial charge in [0.15, 0.2) is 6.61 Å². The molecule has 33 heavy (non-hydrogen) atoms. The van der Waals surface area contributed by atoms with Crippen LogP contribution < -0.4 is 15.7 Å². The summed E-state index contributed by atoms with van der Waals surface area (Å²) in [5, 5.41) is 5.09. The fraction of sp³-hybridized carbons (Fsp3) is 0.167. The molecule has 0 aliphatic carbocycles. The van der Waals surface area contributed by atoms with Gasteiger partial charge in [0.25, 0.3) is 11.5 Å². The topological polar surface area (TPSA) is 90.5 Å². The van der Waals surface area contributed by atoms with Gasteiger partial charge in [0.05, 0.1) is 17.1 Å². The number of aryl methyl sites for hydroxylation is 2. The third-order valence-electron chi connectivity index (χ3n) is 5.11. The summed E-state index contributed by atoms with van der Waals surface area (Å²) in [4.78, 5) is 29.8. The smallest absolute Gasteiger partial charge is 0.280 e. The standard InChI is InChI=1S/C24H22ClN5O3/c1-15-11-18(13-26-28-23(31)14-33-20-8-6-7-19(25)12-20)16(2)29(15)30-17(3)27-22-10-5-4-9-21(22)24(30)32/h4-13H,14H2,1-3H3,(H,28,31). The first-order chi connectivity index (χ1) is 15.8. The van der Waals surface area contributed by atoms with E-state index in [1.165, 1.54) is 6.21 Å². The molecule has 8 nitrogen and oxygen atoms in total. The number of hydrogen-bond donors (Lipinski definition) is 1. The average Bonchev–Trinajstić information content (AvgIpc) is 3.06. The monoisotopic (exact) mass is 463 g/mol. The lowest BCUT2D eigenvalue weighted by Crippen LogP contribution is -2.31. The molecule has 0 aliphatic rings. The largest absolute Gasteiger partial charge is 0.484 e. The number of amides is 1. The van der Waals surface area contributed by atoms with Crippen LogP contribution in [0.4, 0.5) is 0 Å². The Bertz CT molecular complexity index is 1440. The number of para-hydroxylation sites is 1. The van der Waals surface area contributed by atoms with Crippen LogP contribution >= 0.6 is 11.6 Å². The van der Waals surface area contributed by atoms with Gasteiger partial charge in [-0.25, -0.2) is 10.4 Å². The van der Waals surface area contributed by atoms with Crippen LogP contribution in [-0.2, 0) is 4.79 Å². The number of aromatic nitrogens is 3. The number of fused-ring (bicyclic) bond motifs is 1. The second kappa shape index (κ2) is 9.30. The summed E-state index contributed by atoms with van der Waals surface area (Å²) in [5.74, 6) is 0.649. The number of nitrogens with one attached hydrogen (secondary N) is 1. The normalized spacial score (nSPS) is 11.3. The molecule has 0 radical (unpaired) electrons. The van der Waals surface area contributed by atoms with E-state index < -0.39 is 5.91 Å². The van der Waals surface area contributed by atoms with Crippen LogP contribution in [0.3, 0.4) is 0 Å². The molecule has 4 rings (SSSR count). The van der Waals surface area contributed by atoms with Gasteiger partial charge in [-0.15, -0.1) is 0 Å². The fourth-order valence-electron chi connectivity index (χ4n) is 3.60. The number of carbonyl (C=O) groups excluding carboxylic acids is 1. The number of carbonyl (C=O) groups is 1. The van der Waals surface area contributed by atoms with Crippen molar-refractivity contribution in [2.75, 3.05) is 6.61 Å². The molecule has 1 amide bonds. The second-order valence-corrected chi connectivity index (χ2v) is 7.91. The molecular formula is C24H22ClN5O3. The molecule has 0 saturated carbocycles. The quantitative estimate of drug-likeness (QED) is 0.349. The molecule has 1 N–H and O–H groups in total. The number of rotatable bonds is 6. The lowest BCUT2D eigenvalue weighted by molar-refractivity contribution is -0.123. The Hall–Kier alpha value is -3.91. The van der Waals surface area contributed by atoms with E-state index in [4.69, 9.17) is 16.3 Å². The summed E-state index contributed by atoms with van der Waals surface area (Å²) in [5.41, 5.74) is 5.30. The van der Waals surface area contributed by atoms with E-state index in [-0.39, 0.29) is 12.2 Å². The van der Waals surface area contributed by atoms with E-state index >= 15 is 0 Å². The van der Waals surface area contributed by atoms with E-state index in [0.717, 1.165) is 17.0 Å². The van der Waals surface area contributed by atoms with Gasteiger partial charge in [-0.2, -0.15) is 9.78 Å². The van der Waals surface area contributed by atoms with Crippen LogP contribution in [-0.4, -0.2) is 33.1 Å². The molecule has 0 saturated heterocycles. The van der Waals surface area contributed by atoms with Crippen LogP contribution in [0.15, 0.2) is 64.5 Å². The van der Waals surface area contributed by atoms with E-state index in [9.17, 15) is 9.59 Å². The van der Waals surface area contributed by atoms with Gasteiger partial charge in [-0.3, -0.25) is 14.3 Å². The summed E-state index contributed by atoms with van der Waals surface area (Å²) in [6.45, 7) is 5.36. The Morgan fingerprint density at radius 2 is 1.91 bits per heavy atom. The Morgan fingerprint density at radius 1 is 1.12 bits per heavy atom. The summed E-state index contributed by atoms with van der Waals surface area (Å²) in [6, 6.07) is 15.9. The molecule has 0 atom stereocenters. The van der Waals surface area contributed by atoms with E-state index in [1.807, 2.05) is 38.1 Å². The van der Waals surface area contributed by atoms with Crippen LogP contribution in [0.5, 0.6) is 5.75 Å². The Kier molecular flexibility index (Phi) is 6.28. The first-order valence-electron chi connectivity index (χ1n) is 10.2. The van der Waals surface area contributed by atoms with E-state index in [2.05, 4.69) is 15.5 Å². The molecule has 0 unspecified atom stereocenters. The van der Waals surface area contributed by atoms with E-state index in [1.54, 1.807) is 46.6 Å². The zero-order valence-corrected chi connectivity index (χ0v) is 19.1. The zero-order chi connectivity index (χ0) is 23.5. The maximum atomic E-state index is 13.2. The summed E-state index contributed by atoms with van der Waals surface area (Å²) in [7, 11) is 0. The number of halogens is 1. The van der Waals surface area contributed by atoms with Crippen LogP contribution in [0.1, 0.15) is 22.8 Å². The van der Waals surface area contributed by atoms with Crippen molar-refractivity contribution in [2.45, 2.75) is 20.8 Å². The highest BCUT2D eigenvalue weighted by Gasteiger charge is 2.15. The van der Waals surface area contributed by atoms with E-state index in [0.29, 0.717) is 27.5 Å². The highest BCUT2D eigenvalue weighted by Crippen LogP contribution is 2.17. The highest BCUT2D eigenvalue weighted by atomic mass is 35.5. The van der Waals surface area contributed by atoms with Crippen molar-refractivity contribution in [1.29, 1.82) is 0 Å². The number of hydrogen-bond acceptors (Lipinski definition) is 5. The van der Waals surface area contributed by atoms with Crippen molar-refractivity contribution in [3.8, 4) is 5.75 Å². The first kappa shape index (κ1) is 22.3. The lowest BCUT2D eigenvalue weighted by Gasteiger charge is -2.16. The zero-order valence-electron chi connectivity index (χ0n) is 18.4. The minimum Gasteiger partial charge on any atom is -0.484 e. The number of nitrogens with zero attached hydrogens (tertiary/aromatic N) is 4. The lowest BCUT2D eigenvalue weighted by atomic mass is 10.2. The molecule has 2 heterocycles. The van der Waals surface area contributed by atoms with Gasteiger partial charge in [-0.05, 0) is 57.2 Å². The first-order valence-corrected chi connectivity index (χ1v) is 10.6. The van der Waals surface area contributed by atoms with Crippen molar-refractivity contribution < 1.29 is 9.53 Å². The highest BCUT2D eigenvalue weighted by molar-refractivity contribution is 6.30. The summed E-state index contributed by atoms with van der Waals surface area (Å²) in [6.07, 6.45) is 1.53. The predicted molar refractivity (Wildman–Crippen MR) is 128 cm³/mol. The third kappa shape index (κ3) is 4.65. The van der Waals surface area contributed by atoms with Crippen molar-refractivity contribution in [3.05, 3.63) is 92.7 Å². The van der Waals surface area contributed by atoms with Gasteiger partial charge in [-0.1, -0.05) is 29.8 Å². The minimum absolute atomic E-state index is 0.158. The molecule has 0 fully saturated rings. The van der Waals surface area contributed by atoms with Crippen LogP contribution in [0.25, 0.3) is 10.9 Å². The van der Waals surface area contributed by atoms with Gasteiger partial charge in [0, 0.05) is 22.0 Å². The van der Waals surface area contributed by atoms with Crippen molar-refractivity contribution in [2.24, 2.45) is 5.10 Å². The molecule has 2 aromatic heterocycles. The third-order valence-corrected chi connectivity index (χ3v) is 5.34. The fourth-order valence-corrected chi connectivity index (χ4v) is 3.78. The van der Waals surface area contributed by atoms with Gasteiger partial charge >= 0.3 is 0 Å². The predicted octanol–water partition coefficient (Wildman–Crippen LogP) is 3.62. The number of ether oxygens (including phenoxy) is 1. The molecule has 0 spiro atoms. The molecule has 4 aromatic rings. The van der Waals surface area contributed by atoms with Gasteiger partial charge < -0.3 is 4.74 Å². The molecule has 0 bridgehead atoms.